The van der Waals surface area contributed by atoms with E-state index in [0.29, 0.717) is 36.0 Å². The Morgan fingerprint density at radius 2 is 1.81 bits per heavy atom. The lowest BCUT2D eigenvalue weighted by atomic mass is 9.98. The molecule has 1 unspecified atom stereocenters. The summed E-state index contributed by atoms with van der Waals surface area (Å²) in [6.07, 6.45) is -3.47. The van der Waals surface area contributed by atoms with Crippen molar-refractivity contribution >= 4 is 0 Å². The molecule has 1 aromatic carbocycles. The highest BCUT2D eigenvalue weighted by atomic mass is 19.4. The van der Waals surface area contributed by atoms with Gasteiger partial charge in [-0.1, -0.05) is 24.3 Å². The molecule has 36 heavy (non-hydrogen) atoms. The summed E-state index contributed by atoms with van der Waals surface area (Å²) in [5.74, 6) is -3.35. The van der Waals surface area contributed by atoms with E-state index in [1.807, 2.05) is 0 Å². The standard InChI is InChI=1S/C24H27F5N6O/c1-23(25,26)20-19(34-10-3-2-4-17(34)31-20)22(36)30-13-14-5-7-15(8-6-14)21-32-18-12-16(24(27,28)29)9-11-35(18)33-21/h5-8,16,22,30,36H,2-4,9-13H2,1H3/t16-,22?/m1/s1. The molecule has 2 N–H and O–H groups in total. The Bertz CT molecular complexity index is 1230. The number of aryl methyl sites for hydroxylation is 2. The fourth-order valence-corrected chi connectivity index (χ4v) is 4.90. The van der Waals surface area contributed by atoms with Gasteiger partial charge in [-0.25, -0.2) is 14.6 Å². The normalized spacial score (nSPS) is 19.1. The molecule has 2 aliphatic rings. The van der Waals surface area contributed by atoms with Crippen LogP contribution in [0.4, 0.5) is 22.0 Å². The van der Waals surface area contributed by atoms with Crippen molar-refractivity contribution in [3.05, 3.63) is 52.9 Å². The van der Waals surface area contributed by atoms with E-state index in [0.717, 1.165) is 25.3 Å². The van der Waals surface area contributed by atoms with Crippen LogP contribution in [0, 0.1) is 5.92 Å². The smallest absolute Gasteiger partial charge is 0.373 e. The van der Waals surface area contributed by atoms with Crippen LogP contribution in [0.5, 0.6) is 0 Å². The maximum atomic E-state index is 14.2. The van der Waals surface area contributed by atoms with E-state index >= 15 is 0 Å². The molecule has 194 valence electrons. The van der Waals surface area contributed by atoms with Crippen LogP contribution < -0.4 is 5.32 Å². The van der Waals surface area contributed by atoms with Crippen molar-refractivity contribution in [1.82, 2.24) is 29.6 Å². The fourth-order valence-electron chi connectivity index (χ4n) is 4.90. The molecule has 2 atom stereocenters. The Labute approximate surface area is 204 Å². The number of aliphatic hydroxyl groups excluding tert-OH is 1. The van der Waals surface area contributed by atoms with Gasteiger partial charge in [0.05, 0.1) is 11.6 Å². The van der Waals surface area contributed by atoms with Gasteiger partial charge in [0, 0.05) is 45.0 Å². The van der Waals surface area contributed by atoms with Crippen LogP contribution in [0.15, 0.2) is 24.3 Å². The van der Waals surface area contributed by atoms with Crippen LogP contribution in [-0.2, 0) is 38.4 Å². The first-order valence-electron chi connectivity index (χ1n) is 12.0. The topological polar surface area (TPSA) is 80.8 Å². The number of nitrogens with zero attached hydrogens (tertiary/aromatic N) is 5. The largest absolute Gasteiger partial charge is 0.392 e. The van der Waals surface area contributed by atoms with Gasteiger partial charge in [-0.2, -0.15) is 27.1 Å². The zero-order valence-corrected chi connectivity index (χ0v) is 19.7. The minimum Gasteiger partial charge on any atom is -0.373 e. The molecule has 12 heteroatoms. The van der Waals surface area contributed by atoms with Crippen LogP contribution in [-0.4, -0.2) is 35.6 Å². The molecule has 2 aromatic heterocycles. The molecular formula is C24H27F5N6O. The number of halogens is 5. The van der Waals surface area contributed by atoms with Gasteiger partial charge in [0.1, 0.15) is 23.6 Å². The van der Waals surface area contributed by atoms with Crippen molar-refractivity contribution in [3.63, 3.8) is 0 Å². The average Bonchev–Trinajstić information content (AvgIpc) is 3.43. The Kier molecular flexibility index (Phi) is 6.36. The third-order valence-electron chi connectivity index (χ3n) is 6.83. The van der Waals surface area contributed by atoms with E-state index < -0.39 is 29.9 Å². The van der Waals surface area contributed by atoms with Gasteiger partial charge in [0.2, 0.25) is 0 Å². The highest BCUT2D eigenvalue weighted by molar-refractivity contribution is 5.55. The fraction of sp³-hybridized carbons (Fsp3) is 0.542. The van der Waals surface area contributed by atoms with Gasteiger partial charge in [-0.3, -0.25) is 5.32 Å². The number of alkyl halides is 5. The summed E-state index contributed by atoms with van der Waals surface area (Å²) in [6.45, 7) is 1.69. The monoisotopic (exact) mass is 510 g/mol. The Balaban J connectivity index is 1.27. The summed E-state index contributed by atoms with van der Waals surface area (Å²) >= 11 is 0. The summed E-state index contributed by atoms with van der Waals surface area (Å²) in [5, 5.41) is 18.0. The molecule has 0 aliphatic carbocycles. The molecule has 0 radical (unpaired) electrons. The number of hydrogen-bond acceptors (Lipinski definition) is 5. The van der Waals surface area contributed by atoms with E-state index in [1.54, 1.807) is 28.8 Å². The average molecular weight is 511 g/mol. The van der Waals surface area contributed by atoms with Gasteiger partial charge >= 0.3 is 6.18 Å². The minimum absolute atomic E-state index is 0.0156. The van der Waals surface area contributed by atoms with E-state index in [-0.39, 0.29) is 31.6 Å². The van der Waals surface area contributed by atoms with Crippen molar-refractivity contribution in [2.45, 2.75) is 77.0 Å². The van der Waals surface area contributed by atoms with Crippen molar-refractivity contribution in [3.8, 4) is 11.4 Å². The molecule has 0 bridgehead atoms. The van der Waals surface area contributed by atoms with Crippen molar-refractivity contribution in [2.75, 3.05) is 0 Å². The molecule has 7 nitrogen and oxygen atoms in total. The van der Waals surface area contributed by atoms with E-state index in [4.69, 9.17) is 0 Å². The van der Waals surface area contributed by atoms with Crippen LogP contribution in [0.1, 0.15) is 61.0 Å². The van der Waals surface area contributed by atoms with E-state index in [9.17, 15) is 27.1 Å². The third-order valence-corrected chi connectivity index (χ3v) is 6.83. The number of fused-ring (bicyclic) bond motifs is 2. The minimum atomic E-state index is -4.25. The first-order valence-corrected chi connectivity index (χ1v) is 12.0. The number of imidazole rings is 1. The molecule has 3 aromatic rings. The van der Waals surface area contributed by atoms with Gasteiger partial charge in [0.25, 0.3) is 5.92 Å². The molecule has 0 amide bonds. The summed E-state index contributed by atoms with van der Waals surface area (Å²) < 4.78 is 70.8. The first kappa shape index (κ1) is 24.8. The Morgan fingerprint density at radius 3 is 2.50 bits per heavy atom. The van der Waals surface area contributed by atoms with Gasteiger partial charge in [0.15, 0.2) is 5.82 Å². The SMILES string of the molecule is CC(F)(F)c1nc2n(c1C(O)NCc1ccc(-c3nc4n(n3)CC[C@@H](C(F)(F)F)C4)cc1)CCCC2. The van der Waals surface area contributed by atoms with Gasteiger partial charge in [-0.05, 0) is 24.8 Å². The quantitative estimate of drug-likeness (QED) is 0.377. The van der Waals surface area contributed by atoms with Crippen LogP contribution >= 0.6 is 0 Å². The second-order valence-electron chi connectivity index (χ2n) is 9.55. The third kappa shape index (κ3) is 4.88. The molecule has 0 saturated heterocycles. The zero-order valence-electron chi connectivity index (χ0n) is 19.7. The maximum Gasteiger partial charge on any atom is 0.392 e. The lowest BCUT2D eigenvalue weighted by Gasteiger charge is -2.24. The number of aromatic nitrogens is 5. The lowest BCUT2D eigenvalue weighted by Crippen LogP contribution is -2.31. The number of rotatable bonds is 6. The zero-order chi connectivity index (χ0) is 25.7. The molecule has 5 rings (SSSR count). The van der Waals surface area contributed by atoms with Crippen LogP contribution in [0.3, 0.4) is 0 Å². The molecule has 0 spiro atoms. The Hall–Kier alpha value is -2.86. The predicted molar refractivity (Wildman–Crippen MR) is 120 cm³/mol. The van der Waals surface area contributed by atoms with Gasteiger partial charge < -0.3 is 9.67 Å². The molecule has 2 aliphatic heterocycles. The summed E-state index contributed by atoms with van der Waals surface area (Å²) in [5.41, 5.74) is 1.13. The lowest BCUT2D eigenvalue weighted by molar-refractivity contribution is -0.179. The highest BCUT2D eigenvalue weighted by Crippen LogP contribution is 2.36. The number of hydrogen-bond donors (Lipinski definition) is 2. The van der Waals surface area contributed by atoms with Crippen LogP contribution in [0.2, 0.25) is 0 Å². The maximum absolute atomic E-state index is 14.2. The van der Waals surface area contributed by atoms with Crippen molar-refractivity contribution in [1.29, 1.82) is 0 Å². The molecular weight excluding hydrogens is 483 g/mol. The highest BCUT2D eigenvalue weighted by Gasteiger charge is 2.42. The van der Waals surface area contributed by atoms with Crippen molar-refractivity contribution < 1.29 is 27.1 Å². The van der Waals surface area contributed by atoms with Crippen molar-refractivity contribution in [2.24, 2.45) is 5.92 Å². The van der Waals surface area contributed by atoms with Gasteiger partial charge in [-0.15, -0.1) is 0 Å². The molecule has 0 fully saturated rings. The second-order valence-corrected chi connectivity index (χ2v) is 9.55. The summed E-state index contributed by atoms with van der Waals surface area (Å²) in [7, 11) is 0. The number of nitrogens with one attached hydrogen (secondary N) is 1. The van der Waals surface area contributed by atoms with Crippen LogP contribution in [0.25, 0.3) is 11.4 Å². The van der Waals surface area contributed by atoms with E-state index in [2.05, 4.69) is 20.4 Å². The molecule has 4 heterocycles. The summed E-state index contributed by atoms with van der Waals surface area (Å²) in [4.78, 5) is 8.43. The van der Waals surface area contributed by atoms with E-state index in [1.165, 1.54) is 4.68 Å². The number of aliphatic hydroxyl groups is 1. The predicted octanol–water partition coefficient (Wildman–Crippen LogP) is 4.50. The first-order chi connectivity index (χ1) is 17.0. The summed E-state index contributed by atoms with van der Waals surface area (Å²) in [6, 6.07) is 7.04. The molecule has 0 saturated carbocycles. The second kappa shape index (κ2) is 9.22. The Morgan fingerprint density at radius 1 is 1.06 bits per heavy atom. The number of benzene rings is 1.